The van der Waals surface area contributed by atoms with Crippen molar-refractivity contribution in [3.8, 4) is 5.75 Å². The van der Waals surface area contributed by atoms with E-state index in [1.165, 1.54) is 0 Å². The van der Waals surface area contributed by atoms with Crippen molar-refractivity contribution >= 4 is 11.6 Å². The molecule has 0 bridgehead atoms. The summed E-state index contributed by atoms with van der Waals surface area (Å²) in [5.41, 5.74) is 1.15. The van der Waals surface area contributed by atoms with Crippen molar-refractivity contribution in [3.05, 3.63) is 28.8 Å². The third kappa shape index (κ3) is 6.60. The van der Waals surface area contributed by atoms with E-state index in [2.05, 4.69) is 26.1 Å². The maximum absolute atomic E-state index is 6.24. The highest BCUT2D eigenvalue weighted by molar-refractivity contribution is 6.32. The lowest BCUT2D eigenvalue weighted by molar-refractivity contribution is 0.130. The third-order valence-electron chi connectivity index (χ3n) is 2.74. The number of hydrogen-bond acceptors (Lipinski definition) is 3. The van der Waals surface area contributed by atoms with Gasteiger partial charge in [-0.15, -0.1) is 0 Å². The molecule has 1 rings (SSSR count). The number of benzene rings is 1. The molecule has 0 aliphatic rings. The maximum Gasteiger partial charge on any atom is 0.142 e. The summed E-state index contributed by atoms with van der Waals surface area (Å²) in [7, 11) is 0. The molecule has 0 atom stereocenters. The van der Waals surface area contributed by atoms with Crippen LogP contribution >= 0.6 is 11.6 Å². The van der Waals surface area contributed by atoms with Crippen LogP contribution in [0.3, 0.4) is 0 Å². The van der Waals surface area contributed by atoms with Crippen molar-refractivity contribution in [1.82, 2.24) is 5.32 Å². The summed E-state index contributed by atoms with van der Waals surface area (Å²) in [5.74, 6) is 0.780. The minimum atomic E-state index is 0.0640. The number of para-hydroxylation sites is 1. The summed E-state index contributed by atoms with van der Waals surface area (Å²) in [5, 5.41) is 4.11. The van der Waals surface area contributed by atoms with Gasteiger partial charge in [-0.3, -0.25) is 0 Å². The lowest BCUT2D eigenvalue weighted by Crippen LogP contribution is -2.35. The van der Waals surface area contributed by atoms with Gasteiger partial charge in [0.15, 0.2) is 0 Å². The number of halogens is 1. The predicted molar refractivity (Wildman–Crippen MR) is 84.6 cm³/mol. The predicted octanol–water partition coefficient (Wildman–Crippen LogP) is 4.03. The van der Waals surface area contributed by atoms with E-state index in [-0.39, 0.29) is 5.54 Å². The zero-order valence-corrected chi connectivity index (χ0v) is 13.7. The van der Waals surface area contributed by atoms with Gasteiger partial charge in [0, 0.05) is 37.3 Å². The molecule has 1 aromatic carbocycles. The zero-order chi connectivity index (χ0) is 15.0. The van der Waals surface area contributed by atoms with E-state index < -0.39 is 0 Å². The second-order valence-corrected chi connectivity index (χ2v) is 6.14. The highest BCUT2D eigenvalue weighted by atomic mass is 35.5. The standard InChI is InChI=1S/C16H26ClNO2/c1-5-19-10-7-11-20-15-13(8-6-9-14(15)17)12-18-16(2,3)4/h6,8-9,18H,5,7,10-12H2,1-4H3. The fourth-order valence-electron chi connectivity index (χ4n) is 1.69. The molecule has 0 fully saturated rings. The molecule has 1 N–H and O–H groups in total. The van der Waals surface area contributed by atoms with Crippen LogP contribution in [-0.4, -0.2) is 25.4 Å². The van der Waals surface area contributed by atoms with Crippen LogP contribution in [0, 0.1) is 0 Å². The summed E-state index contributed by atoms with van der Waals surface area (Å²) in [6.07, 6.45) is 0.866. The molecule has 0 aromatic heterocycles. The lowest BCUT2D eigenvalue weighted by Gasteiger charge is -2.22. The first-order valence-electron chi connectivity index (χ1n) is 7.17. The summed E-state index contributed by atoms with van der Waals surface area (Å²) < 4.78 is 11.1. The largest absolute Gasteiger partial charge is 0.492 e. The molecule has 0 saturated carbocycles. The monoisotopic (exact) mass is 299 g/mol. The molecular weight excluding hydrogens is 274 g/mol. The van der Waals surface area contributed by atoms with Gasteiger partial charge < -0.3 is 14.8 Å². The molecule has 0 amide bonds. The van der Waals surface area contributed by atoms with Gasteiger partial charge in [-0.1, -0.05) is 23.7 Å². The first kappa shape index (κ1) is 17.3. The first-order chi connectivity index (χ1) is 9.44. The molecule has 20 heavy (non-hydrogen) atoms. The molecular formula is C16H26ClNO2. The molecule has 0 aliphatic heterocycles. The van der Waals surface area contributed by atoms with Gasteiger partial charge in [0.2, 0.25) is 0 Å². The minimum Gasteiger partial charge on any atom is -0.492 e. The van der Waals surface area contributed by atoms with Crippen LogP contribution < -0.4 is 10.1 Å². The molecule has 0 radical (unpaired) electrons. The molecule has 0 spiro atoms. The normalized spacial score (nSPS) is 11.7. The van der Waals surface area contributed by atoms with Crippen LogP contribution in [0.4, 0.5) is 0 Å². The van der Waals surface area contributed by atoms with Crippen molar-refractivity contribution in [2.24, 2.45) is 0 Å². The Morgan fingerprint density at radius 2 is 1.95 bits per heavy atom. The Morgan fingerprint density at radius 1 is 1.20 bits per heavy atom. The van der Waals surface area contributed by atoms with Gasteiger partial charge in [0.05, 0.1) is 11.6 Å². The third-order valence-corrected chi connectivity index (χ3v) is 3.04. The van der Waals surface area contributed by atoms with E-state index >= 15 is 0 Å². The van der Waals surface area contributed by atoms with Crippen molar-refractivity contribution in [2.45, 2.75) is 46.2 Å². The first-order valence-corrected chi connectivity index (χ1v) is 7.55. The quantitative estimate of drug-likeness (QED) is 0.735. The van der Waals surface area contributed by atoms with Crippen molar-refractivity contribution in [3.63, 3.8) is 0 Å². The maximum atomic E-state index is 6.24. The van der Waals surface area contributed by atoms with E-state index in [0.29, 0.717) is 11.6 Å². The fourth-order valence-corrected chi connectivity index (χ4v) is 1.94. The molecule has 1 aromatic rings. The summed E-state index contributed by atoms with van der Waals surface area (Å²) >= 11 is 6.24. The van der Waals surface area contributed by atoms with Crippen molar-refractivity contribution < 1.29 is 9.47 Å². The van der Waals surface area contributed by atoms with Gasteiger partial charge in [-0.05, 0) is 33.8 Å². The SMILES string of the molecule is CCOCCCOc1c(Cl)cccc1CNC(C)(C)C. The average molecular weight is 300 g/mol. The molecule has 0 unspecified atom stereocenters. The minimum absolute atomic E-state index is 0.0640. The van der Waals surface area contributed by atoms with Crippen molar-refractivity contribution in [1.29, 1.82) is 0 Å². The molecule has 0 heterocycles. The number of rotatable bonds is 8. The van der Waals surface area contributed by atoms with E-state index in [9.17, 15) is 0 Å². The number of nitrogens with one attached hydrogen (secondary N) is 1. The summed E-state index contributed by atoms with van der Waals surface area (Å²) in [4.78, 5) is 0. The Morgan fingerprint density at radius 3 is 2.60 bits per heavy atom. The number of ether oxygens (including phenoxy) is 2. The Bertz CT molecular complexity index is 402. The Balaban J connectivity index is 2.59. The molecule has 4 heteroatoms. The van der Waals surface area contributed by atoms with Crippen LogP contribution in [0.2, 0.25) is 5.02 Å². The van der Waals surface area contributed by atoms with Gasteiger partial charge >= 0.3 is 0 Å². The molecule has 0 aliphatic carbocycles. The highest BCUT2D eigenvalue weighted by Gasteiger charge is 2.13. The summed E-state index contributed by atoms with van der Waals surface area (Å²) in [6, 6.07) is 5.86. The van der Waals surface area contributed by atoms with Crippen LogP contribution in [0.15, 0.2) is 18.2 Å². The molecule has 0 saturated heterocycles. The van der Waals surface area contributed by atoms with Crippen LogP contribution in [0.1, 0.15) is 39.7 Å². The van der Waals surface area contributed by atoms with E-state index in [0.717, 1.165) is 37.5 Å². The zero-order valence-electron chi connectivity index (χ0n) is 13.0. The van der Waals surface area contributed by atoms with Crippen molar-refractivity contribution in [2.75, 3.05) is 19.8 Å². The summed E-state index contributed by atoms with van der Waals surface area (Å²) in [6.45, 7) is 11.2. The van der Waals surface area contributed by atoms with Gasteiger partial charge in [-0.25, -0.2) is 0 Å². The number of hydrogen-bond donors (Lipinski definition) is 1. The van der Waals surface area contributed by atoms with Crippen LogP contribution in [0.25, 0.3) is 0 Å². The van der Waals surface area contributed by atoms with Gasteiger partial charge in [0.1, 0.15) is 5.75 Å². The second-order valence-electron chi connectivity index (χ2n) is 5.73. The Kier molecular flexibility index (Phi) is 7.35. The van der Waals surface area contributed by atoms with Gasteiger partial charge in [-0.2, -0.15) is 0 Å². The molecule has 114 valence electrons. The average Bonchev–Trinajstić information content (AvgIpc) is 2.37. The Hall–Kier alpha value is -0.770. The topological polar surface area (TPSA) is 30.5 Å². The highest BCUT2D eigenvalue weighted by Crippen LogP contribution is 2.29. The smallest absolute Gasteiger partial charge is 0.142 e. The lowest BCUT2D eigenvalue weighted by atomic mass is 10.1. The van der Waals surface area contributed by atoms with E-state index in [4.69, 9.17) is 21.1 Å². The Labute approximate surface area is 127 Å². The molecule has 3 nitrogen and oxygen atoms in total. The van der Waals surface area contributed by atoms with Crippen LogP contribution in [-0.2, 0) is 11.3 Å². The van der Waals surface area contributed by atoms with E-state index in [1.807, 2.05) is 25.1 Å². The van der Waals surface area contributed by atoms with E-state index in [1.54, 1.807) is 0 Å². The fraction of sp³-hybridized carbons (Fsp3) is 0.625. The second kappa shape index (κ2) is 8.50. The van der Waals surface area contributed by atoms with Gasteiger partial charge in [0.25, 0.3) is 0 Å². The van der Waals surface area contributed by atoms with Crippen LogP contribution in [0.5, 0.6) is 5.75 Å².